The molecule has 1 saturated carbocycles. The van der Waals surface area contributed by atoms with Crippen molar-refractivity contribution < 1.29 is 0 Å². The fourth-order valence-electron chi connectivity index (χ4n) is 3.95. The van der Waals surface area contributed by atoms with Crippen LogP contribution in [0.25, 0.3) is 0 Å². The highest BCUT2D eigenvalue weighted by molar-refractivity contribution is 7.12. The van der Waals surface area contributed by atoms with Crippen LogP contribution in [0.15, 0.2) is 23.6 Å². The second-order valence-electron chi connectivity index (χ2n) is 6.43. The molecule has 2 heterocycles. The summed E-state index contributed by atoms with van der Waals surface area (Å²) >= 11 is 3.96. The Bertz CT molecular complexity index is 557. The van der Waals surface area contributed by atoms with E-state index >= 15 is 0 Å². The Morgan fingerprint density at radius 1 is 1.19 bits per heavy atom. The maximum atomic E-state index is 3.89. The minimum Gasteiger partial charge on any atom is -0.304 e. The molecule has 0 saturated heterocycles. The molecule has 0 aliphatic heterocycles. The first-order chi connectivity index (χ1) is 10.4. The summed E-state index contributed by atoms with van der Waals surface area (Å²) in [6.45, 7) is 1.05. The average molecular weight is 318 g/mol. The molecule has 1 nitrogen and oxygen atoms in total. The molecule has 1 unspecified atom stereocenters. The normalized spacial score (nSPS) is 20.0. The van der Waals surface area contributed by atoms with Gasteiger partial charge in [-0.05, 0) is 61.1 Å². The van der Waals surface area contributed by atoms with Gasteiger partial charge in [-0.25, -0.2) is 0 Å². The van der Waals surface area contributed by atoms with Gasteiger partial charge in [0.1, 0.15) is 0 Å². The van der Waals surface area contributed by atoms with Crippen molar-refractivity contribution in [3.8, 4) is 0 Å². The van der Waals surface area contributed by atoms with Gasteiger partial charge in [-0.3, -0.25) is 0 Å². The van der Waals surface area contributed by atoms with Gasteiger partial charge in [-0.15, -0.1) is 22.7 Å². The Morgan fingerprint density at radius 3 is 2.86 bits per heavy atom. The van der Waals surface area contributed by atoms with Gasteiger partial charge in [0.25, 0.3) is 0 Å². The van der Waals surface area contributed by atoms with Crippen LogP contribution in [0.3, 0.4) is 0 Å². The van der Waals surface area contributed by atoms with Crippen LogP contribution in [0.2, 0.25) is 0 Å². The van der Waals surface area contributed by atoms with Gasteiger partial charge in [0, 0.05) is 27.2 Å². The smallest absolute Gasteiger partial charge is 0.0446 e. The summed E-state index contributed by atoms with van der Waals surface area (Å²) in [7, 11) is 0. The molecule has 2 aromatic rings. The highest BCUT2D eigenvalue weighted by Gasteiger charge is 2.27. The van der Waals surface area contributed by atoms with E-state index in [1.807, 2.05) is 22.7 Å². The molecule has 3 heteroatoms. The fraction of sp³-hybridized carbons (Fsp3) is 0.556. The lowest BCUT2D eigenvalue weighted by Crippen LogP contribution is -2.25. The van der Waals surface area contributed by atoms with Crippen molar-refractivity contribution in [1.82, 2.24) is 5.32 Å². The van der Waals surface area contributed by atoms with Gasteiger partial charge in [0.05, 0.1) is 0 Å². The van der Waals surface area contributed by atoms with Crippen LogP contribution >= 0.6 is 22.7 Å². The number of thiophene rings is 2. The van der Waals surface area contributed by atoms with Crippen molar-refractivity contribution in [1.29, 1.82) is 0 Å². The number of hydrogen-bond donors (Lipinski definition) is 1. The van der Waals surface area contributed by atoms with Crippen LogP contribution in [0.4, 0.5) is 0 Å². The second kappa shape index (κ2) is 6.23. The highest BCUT2D eigenvalue weighted by atomic mass is 32.1. The van der Waals surface area contributed by atoms with Crippen LogP contribution in [0.1, 0.15) is 58.3 Å². The van der Waals surface area contributed by atoms with Gasteiger partial charge < -0.3 is 5.32 Å². The van der Waals surface area contributed by atoms with E-state index in [1.54, 1.807) is 15.3 Å². The zero-order valence-electron chi connectivity index (χ0n) is 12.4. The van der Waals surface area contributed by atoms with Crippen molar-refractivity contribution in [2.45, 2.75) is 57.5 Å². The van der Waals surface area contributed by atoms with E-state index in [4.69, 9.17) is 0 Å². The number of rotatable bonds is 5. The lowest BCUT2D eigenvalue weighted by molar-refractivity contribution is 0.372. The third-order valence-corrected chi connectivity index (χ3v) is 7.21. The Balaban J connectivity index is 1.46. The van der Waals surface area contributed by atoms with Crippen LogP contribution in [0, 0.1) is 5.92 Å². The molecule has 4 rings (SSSR count). The lowest BCUT2D eigenvalue weighted by Gasteiger charge is -2.23. The molecule has 21 heavy (non-hydrogen) atoms. The average Bonchev–Trinajstić information content (AvgIpc) is 3.25. The molecule has 0 radical (unpaired) electrons. The molecule has 2 aliphatic carbocycles. The first-order valence-corrected chi connectivity index (χ1v) is 9.97. The number of aryl methyl sites for hydroxylation is 2. The monoisotopic (exact) mass is 317 g/mol. The van der Waals surface area contributed by atoms with Crippen LogP contribution in [-0.4, -0.2) is 0 Å². The summed E-state index contributed by atoms with van der Waals surface area (Å²) in [5, 5.41) is 6.11. The van der Waals surface area contributed by atoms with Crippen molar-refractivity contribution in [3.63, 3.8) is 0 Å². The van der Waals surface area contributed by atoms with Crippen LogP contribution in [0.5, 0.6) is 0 Å². The minimum atomic E-state index is 0.574. The summed E-state index contributed by atoms with van der Waals surface area (Å²) in [5.41, 5.74) is 1.63. The summed E-state index contributed by atoms with van der Waals surface area (Å²) in [4.78, 5) is 4.73. The zero-order chi connectivity index (χ0) is 14.1. The largest absolute Gasteiger partial charge is 0.304 e. The summed E-state index contributed by atoms with van der Waals surface area (Å²) in [5.74, 6) is 0.843. The standard InChI is InChI=1S/C18H23NS2/c1-2-6-13(5-1)18(17-9-4-10-20-17)19-12-15-11-14-7-3-8-16(14)21-15/h4,9-11,13,18-19H,1-3,5-8,12H2. The Morgan fingerprint density at radius 2 is 2.10 bits per heavy atom. The van der Waals surface area contributed by atoms with Gasteiger partial charge >= 0.3 is 0 Å². The molecule has 1 atom stereocenters. The molecule has 0 aromatic carbocycles. The van der Waals surface area contributed by atoms with E-state index in [-0.39, 0.29) is 0 Å². The van der Waals surface area contributed by atoms with Crippen molar-refractivity contribution in [2.75, 3.05) is 0 Å². The topological polar surface area (TPSA) is 12.0 Å². The minimum absolute atomic E-state index is 0.574. The third-order valence-electron chi connectivity index (χ3n) is 5.01. The molecular weight excluding hydrogens is 294 g/mol. The Hall–Kier alpha value is -0.640. The first kappa shape index (κ1) is 14.0. The third kappa shape index (κ3) is 2.96. The van der Waals surface area contributed by atoms with E-state index in [9.17, 15) is 0 Å². The van der Waals surface area contributed by atoms with E-state index < -0.39 is 0 Å². The maximum Gasteiger partial charge on any atom is 0.0446 e. The van der Waals surface area contributed by atoms with E-state index in [2.05, 4.69) is 28.9 Å². The molecule has 2 aliphatic rings. The lowest BCUT2D eigenvalue weighted by atomic mass is 9.96. The summed E-state index contributed by atoms with van der Waals surface area (Å²) in [6.07, 6.45) is 9.63. The van der Waals surface area contributed by atoms with E-state index in [1.165, 1.54) is 49.8 Å². The van der Waals surface area contributed by atoms with Crippen LogP contribution in [-0.2, 0) is 19.4 Å². The van der Waals surface area contributed by atoms with Gasteiger partial charge in [0.15, 0.2) is 0 Å². The molecule has 1 N–H and O–H groups in total. The molecular formula is C18H23NS2. The summed E-state index contributed by atoms with van der Waals surface area (Å²) in [6, 6.07) is 7.54. The van der Waals surface area contributed by atoms with Gasteiger partial charge in [-0.1, -0.05) is 18.9 Å². The zero-order valence-corrected chi connectivity index (χ0v) is 14.1. The van der Waals surface area contributed by atoms with Gasteiger partial charge in [-0.2, -0.15) is 0 Å². The highest BCUT2D eigenvalue weighted by Crippen LogP contribution is 2.38. The first-order valence-electron chi connectivity index (χ1n) is 8.27. The molecule has 2 aromatic heterocycles. The quantitative estimate of drug-likeness (QED) is 0.787. The van der Waals surface area contributed by atoms with Crippen LogP contribution < -0.4 is 5.32 Å². The molecule has 0 bridgehead atoms. The number of fused-ring (bicyclic) bond motifs is 1. The molecule has 112 valence electrons. The fourth-order valence-corrected chi connectivity index (χ4v) is 6.05. The summed E-state index contributed by atoms with van der Waals surface area (Å²) < 4.78 is 0. The molecule has 1 fully saturated rings. The predicted octanol–water partition coefficient (Wildman–Crippen LogP) is 5.32. The van der Waals surface area contributed by atoms with Gasteiger partial charge in [0.2, 0.25) is 0 Å². The van der Waals surface area contributed by atoms with E-state index in [0.29, 0.717) is 6.04 Å². The maximum absolute atomic E-state index is 3.89. The predicted molar refractivity (Wildman–Crippen MR) is 92.2 cm³/mol. The SMILES string of the molecule is c1csc(C(NCc2cc3c(s2)CCC3)C2CCCC2)c1. The number of nitrogens with one attached hydrogen (secondary N) is 1. The van der Waals surface area contributed by atoms with Crippen molar-refractivity contribution in [3.05, 3.63) is 43.8 Å². The Kier molecular flexibility index (Phi) is 4.15. The van der Waals surface area contributed by atoms with Crippen molar-refractivity contribution >= 4 is 22.7 Å². The number of hydrogen-bond acceptors (Lipinski definition) is 3. The molecule has 0 spiro atoms. The van der Waals surface area contributed by atoms with E-state index in [0.717, 1.165) is 12.5 Å². The second-order valence-corrected chi connectivity index (χ2v) is 8.63. The molecule has 0 amide bonds. The Labute approximate surface area is 135 Å². The van der Waals surface area contributed by atoms with Crippen molar-refractivity contribution in [2.24, 2.45) is 5.92 Å².